The Balaban J connectivity index is 1.40. The van der Waals surface area contributed by atoms with Crippen molar-refractivity contribution < 1.29 is 14.0 Å². The Hall–Kier alpha value is -3.36. The summed E-state index contributed by atoms with van der Waals surface area (Å²) in [5.74, 6) is 2.76. The molecule has 35 heavy (non-hydrogen) atoms. The predicted molar refractivity (Wildman–Crippen MR) is 136 cm³/mol. The number of aryl methyl sites for hydroxylation is 4. The molecular weight excluding hydrogens is 442 g/mol. The van der Waals surface area contributed by atoms with Crippen LogP contribution in [-0.4, -0.2) is 65.9 Å². The summed E-state index contributed by atoms with van der Waals surface area (Å²) in [6.45, 7) is 9.35. The highest BCUT2D eigenvalue weighted by atomic mass is 16.5. The molecule has 1 saturated heterocycles. The summed E-state index contributed by atoms with van der Waals surface area (Å²) in [6.07, 6.45) is 3.84. The number of ether oxygens (including phenoxy) is 2. The second-order valence-electron chi connectivity index (χ2n) is 8.98. The molecule has 1 aliphatic rings. The fraction of sp³-hybridized carbons (Fsp3) is 0.407. The number of methoxy groups -OCH3 is 1. The van der Waals surface area contributed by atoms with Crippen LogP contribution in [0.25, 0.3) is 16.8 Å². The van der Waals surface area contributed by atoms with Gasteiger partial charge in [-0.15, -0.1) is 0 Å². The minimum absolute atomic E-state index is 0.813. The lowest BCUT2D eigenvalue weighted by Gasteiger charge is -2.26. The highest BCUT2D eigenvalue weighted by Crippen LogP contribution is 2.29. The Labute approximate surface area is 205 Å². The van der Waals surface area contributed by atoms with E-state index in [0.29, 0.717) is 0 Å². The van der Waals surface area contributed by atoms with Gasteiger partial charge in [-0.1, -0.05) is 17.3 Å². The Morgan fingerprint density at radius 2 is 1.86 bits per heavy atom. The Morgan fingerprint density at radius 3 is 2.57 bits per heavy atom. The molecule has 5 rings (SSSR count). The van der Waals surface area contributed by atoms with Gasteiger partial charge in [0.2, 0.25) is 0 Å². The highest BCUT2D eigenvalue weighted by molar-refractivity contribution is 5.72. The molecule has 1 fully saturated rings. The summed E-state index contributed by atoms with van der Waals surface area (Å²) < 4.78 is 18.3. The maximum absolute atomic E-state index is 5.48. The monoisotopic (exact) mass is 475 g/mol. The number of anilines is 1. The summed E-state index contributed by atoms with van der Waals surface area (Å²) in [5, 5.41) is 7.80. The Bertz CT molecular complexity index is 1250. The number of imidazole rings is 1. The third kappa shape index (κ3) is 5.18. The van der Waals surface area contributed by atoms with Crippen molar-refractivity contribution in [1.29, 1.82) is 0 Å². The number of aromatic nitrogens is 3. The van der Waals surface area contributed by atoms with Crippen LogP contribution < -0.4 is 10.1 Å². The Morgan fingerprint density at radius 1 is 1.06 bits per heavy atom. The second-order valence-corrected chi connectivity index (χ2v) is 8.98. The van der Waals surface area contributed by atoms with Crippen molar-refractivity contribution in [3.8, 4) is 16.9 Å². The van der Waals surface area contributed by atoms with E-state index >= 15 is 0 Å². The average molecular weight is 476 g/mol. The van der Waals surface area contributed by atoms with Crippen LogP contribution in [-0.2, 0) is 17.6 Å². The van der Waals surface area contributed by atoms with E-state index in [-0.39, 0.29) is 0 Å². The lowest BCUT2D eigenvalue weighted by molar-refractivity contribution is 0.0398. The first-order chi connectivity index (χ1) is 17.1. The van der Waals surface area contributed by atoms with E-state index in [1.54, 1.807) is 7.11 Å². The molecule has 0 unspecified atom stereocenters. The van der Waals surface area contributed by atoms with Gasteiger partial charge in [-0.2, -0.15) is 0 Å². The molecule has 1 aliphatic heterocycles. The van der Waals surface area contributed by atoms with Gasteiger partial charge in [0.15, 0.2) is 0 Å². The normalized spacial score (nSPS) is 14.5. The molecule has 0 saturated carbocycles. The van der Waals surface area contributed by atoms with Gasteiger partial charge in [0.25, 0.3) is 0 Å². The van der Waals surface area contributed by atoms with Crippen molar-refractivity contribution in [3.05, 3.63) is 65.3 Å². The molecular formula is C27H33N5O3. The summed E-state index contributed by atoms with van der Waals surface area (Å²) in [7, 11) is 1.69. The van der Waals surface area contributed by atoms with Crippen molar-refractivity contribution >= 4 is 11.5 Å². The maximum Gasteiger partial charge on any atom is 0.141 e. The fourth-order valence-corrected chi connectivity index (χ4v) is 4.72. The molecule has 184 valence electrons. The van der Waals surface area contributed by atoms with Gasteiger partial charge < -0.3 is 19.3 Å². The molecule has 1 aromatic carbocycles. The molecule has 0 spiro atoms. The third-order valence-corrected chi connectivity index (χ3v) is 6.65. The van der Waals surface area contributed by atoms with Crippen LogP contribution in [0.2, 0.25) is 0 Å². The molecule has 0 bridgehead atoms. The van der Waals surface area contributed by atoms with Crippen LogP contribution in [0.1, 0.15) is 22.7 Å². The lowest BCUT2D eigenvalue weighted by Crippen LogP contribution is -2.39. The SMILES string of the molecule is COc1ccc(CCc2nc3cc(-c4c(C)noc4C)ccn3c2NCCN2CCOCC2)cc1. The predicted octanol–water partition coefficient (Wildman–Crippen LogP) is 4.14. The van der Waals surface area contributed by atoms with Gasteiger partial charge in [-0.3, -0.25) is 9.30 Å². The first kappa shape index (κ1) is 23.4. The number of pyridine rings is 1. The van der Waals surface area contributed by atoms with Crippen molar-refractivity contribution in [1.82, 2.24) is 19.4 Å². The summed E-state index contributed by atoms with van der Waals surface area (Å²) in [6, 6.07) is 12.5. The molecule has 4 heterocycles. The summed E-state index contributed by atoms with van der Waals surface area (Å²) >= 11 is 0. The van der Waals surface area contributed by atoms with E-state index in [9.17, 15) is 0 Å². The van der Waals surface area contributed by atoms with Gasteiger partial charge in [-0.25, -0.2) is 4.98 Å². The quantitative estimate of drug-likeness (QED) is 0.390. The zero-order chi connectivity index (χ0) is 24.2. The minimum Gasteiger partial charge on any atom is -0.497 e. The van der Waals surface area contributed by atoms with Gasteiger partial charge in [0.1, 0.15) is 23.0 Å². The van der Waals surface area contributed by atoms with Crippen LogP contribution in [0.5, 0.6) is 5.75 Å². The number of hydrogen-bond donors (Lipinski definition) is 1. The molecule has 3 aromatic heterocycles. The first-order valence-corrected chi connectivity index (χ1v) is 12.2. The molecule has 8 heteroatoms. The molecule has 8 nitrogen and oxygen atoms in total. The van der Waals surface area contributed by atoms with Crippen molar-refractivity contribution in [3.63, 3.8) is 0 Å². The molecule has 1 N–H and O–H groups in total. The third-order valence-electron chi connectivity index (χ3n) is 6.65. The Kier molecular flexibility index (Phi) is 7.01. The maximum atomic E-state index is 5.48. The van der Waals surface area contributed by atoms with Crippen molar-refractivity contribution in [2.75, 3.05) is 51.8 Å². The number of morpholine rings is 1. The van der Waals surface area contributed by atoms with E-state index in [4.69, 9.17) is 19.0 Å². The van der Waals surface area contributed by atoms with E-state index in [1.807, 2.05) is 26.0 Å². The standard InChI is InChI=1S/C27H33N5O3/c1-19-26(20(2)35-30-19)22-10-12-32-25(18-22)29-24(9-6-21-4-7-23(33-3)8-5-21)27(32)28-11-13-31-14-16-34-17-15-31/h4-5,7-8,10,12,18,28H,6,9,11,13-17H2,1-3H3. The van der Waals surface area contributed by atoms with E-state index in [1.165, 1.54) is 5.56 Å². The number of benzene rings is 1. The first-order valence-electron chi connectivity index (χ1n) is 12.2. The smallest absolute Gasteiger partial charge is 0.141 e. The lowest BCUT2D eigenvalue weighted by atomic mass is 10.1. The summed E-state index contributed by atoms with van der Waals surface area (Å²) in [4.78, 5) is 7.48. The zero-order valence-electron chi connectivity index (χ0n) is 20.7. The number of nitrogens with one attached hydrogen (secondary N) is 1. The molecule has 0 amide bonds. The van der Waals surface area contributed by atoms with Crippen LogP contribution >= 0.6 is 0 Å². The number of fused-ring (bicyclic) bond motifs is 1. The van der Waals surface area contributed by atoms with Crippen molar-refractivity contribution in [2.45, 2.75) is 26.7 Å². The van der Waals surface area contributed by atoms with Crippen molar-refractivity contribution in [2.24, 2.45) is 0 Å². The minimum atomic E-state index is 0.813. The summed E-state index contributed by atoms with van der Waals surface area (Å²) in [5.41, 5.74) is 6.25. The number of nitrogens with zero attached hydrogens (tertiary/aromatic N) is 4. The molecule has 0 atom stereocenters. The molecule has 0 radical (unpaired) electrons. The topological polar surface area (TPSA) is 77.1 Å². The van der Waals surface area contributed by atoms with Crippen LogP contribution in [0.15, 0.2) is 47.1 Å². The number of hydrogen-bond acceptors (Lipinski definition) is 7. The largest absolute Gasteiger partial charge is 0.497 e. The zero-order valence-corrected chi connectivity index (χ0v) is 20.7. The van der Waals surface area contributed by atoms with Gasteiger partial charge in [0, 0.05) is 37.9 Å². The van der Waals surface area contributed by atoms with Gasteiger partial charge in [-0.05, 0) is 62.1 Å². The van der Waals surface area contributed by atoms with E-state index in [2.05, 4.69) is 50.2 Å². The highest BCUT2D eigenvalue weighted by Gasteiger charge is 2.17. The van der Waals surface area contributed by atoms with E-state index in [0.717, 1.165) is 97.7 Å². The van der Waals surface area contributed by atoms with E-state index < -0.39 is 0 Å². The average Bonchev–Trinajstić information content (AvgIpc) is 3.41. The number of rotatable bonds is 9. The van der Waals surface area contributed by atoms with Gasteiger partial charge >= 0.3 is 0 Å². The van der Waals surface area contributed by atoms with Crippen LogP contribution in [0.4, 0.5) is 5.82 Å². The molecule has 0 aliphatic carbocycles. The molecule has 4 aromatic rings. The van der Waals surface area contributed by atoms with Crippen LogP contribution in [0.3, 0.4) is 0 Å². The van der Waals surface area contributed by atoms with Crippen LogP contribution in [0, 0.1) is 13.8 Å². The second kappa shape index (κ2) is 10.5. The van der Waals surface area contributed by atoms with Gasteiger partial charge in [0.05, 0.1) is 31.7 Å². The fourth-order valence-electron chi connectivity index (χ4n) is 4.72.